The van der Waals surface area contributed by atoms with Crippen LogP contribution in [0.3, 0.4) is 0 Å². The van der Waals surface area contributed by atoms with E-state index in [1.54, 1.807) is 6.92 Å². The Kier molecular flexibility index (Phi) is 2.90. The zero-order chi connectivity index (χ0) is 9.90. The van der Waals surface area contributed by atoms with Gasteiger partial charge < -0.3 is 9.57 Å². The summed E-state index contributed by atoms with van der Waals surface area (Å²) >= 11 is 0. The number of ether oxygens (including phenoxy) is 1. The second-order valence-corrected chi connectivity index (χ2v) is 3.16. The van der Waals surface area contributed by atoms with Gasteiger partial charge in [-0.15, -0.1) is 0 Å². The van der Waals surface area contributed by atoms with Crippen LogP contribution in [0.25, 0.3) is 0 Å². The zero-order valence-corrected chi connectivity index (χ0v) is 8.29. The molecule has 0 fully saturated rings. The molecular formula is C9H15NO3. The smallest absolute Gasteiger partial charge is 0.353 e. The molecule has 0 amide bonds. The Morgan fingerprint density at radius 1 is 1.69 bits per heavy atom. The predicted octanol–water partition coefficient (Wildman–Crippen LogP) is 1.49. The predicted molar refractivity (Wildman–Crippen MR) is 48.5 cm³/mol. The molecule has 0 radical (unpaired) electrons. The minimum atomic E-state index is -0.847. The van der Waals surface area contributed by atoms with Gasteiger partial charge in [-0.25, -0.2) is 4.79 Å². The lowest BCUT2D eigenvalue weighted by Crippen LogP contribution is -2.39. The highest BCUT2D eigenvalue weighted by molar-refractivity contribution is 5.92. The number of carbonyl (C=O) groups excluding carboxylic acids is 1. The first-order chi connectivity index (χ1) is 6.14. The lowest BCUT2D eigenvalue weighted by atomic mass is 9.95. The van der Waals surface area contributed by atoms with Gasteiger partial charge in [-0.1, -0.05) is 12.1 Å². The summed E-state index contributed by atoms with van der Waals surface area (Å²) < 4.78 is 4.93. The number of rotatable bonds is 3. The SMILES string of the molecule is CCOC(=O)C1(CC)CC(C)=NO1. The highest BCUT2D eigenvalue weighted by atomic mass is 16.7. The maximum absolute atomic E-state index is 11.5. The van der Waals surface area contributed by atoms with Gasteiger partial charge in [0, 0.05) is 6.42 Å². The summed E-state index contributed by atoms with van der Waals surface area (Å²) in [5, 5.41) is 3.78. The van der Waals surface area contributed by atoms with E-state index in [0.717, 1.165) is 5.71 Å². The molecule has 13 heavy (non-hydrogen) atoms. The first-order valence-electron chi connectivity index (χ1n) is 4.53. The molecule has 0 aromatic heterocycles. The number of hydrogen-bond donors (Lipinski definition) is 0. The van der Waals surface area contributed by atoms with E-state index in [2.05, 4.69) is 5.16 Å². The molecule has 1 aliphatic heterocycles. The molecule has 0 bridgehead atoms. The minimum Gasteiger partial charge on any atom is -0.463 e. The molecular weight excluding hydrogens is 170 g/mol. The van der Waals surface area contributed by atoms with Crippen molar-refractivity contribution in [1.29, 1.82) is 0 Å². The van der Waals surface area contributed by atoms with E-state index < -0.39 is 5.60 Å². The second-order valence-electron chi connectivity index (χ2n) is 3.16. The van der Waals surface area contributed by atoms with Gasteiger partial charge in [0.05, 0.1) is 12.3 Å². The van der Waals surface area contributed by atoms with Gasteiger partial charge in [0.2, 0.25) is 5.60 Å². The molecule has 1 atom stereocenters. The zero-order valence-electron chi connectivity index (χ0n) is 8.29. The standard InChI is InChI=1S/C9H15NO3/c1-4-9(8(11)12-5-2)6-7(3)10-13-9/h4-6H2,1-3H3. The van der Waals surface area contributed by atoms with Crippen molar-refractivity contribution in [3.05, 3.63) is 0 Å². The Bertz CT molecular complexity index is 237. The van der Waals surface area contributed by atoms with Crippen LogP contribution in [-0.4, -0.2) is 23.9 Å². The van der Waals surface area contributed by atoms with Crippen LogP contribution in [0.2, 0.25) is 0 Å². The summed E-state index contributed by atoms with van der Waals surface area (Å²) in [7, 11) is 0. The minimum absolute atomic E-state index is 0.307. The largest absolute Gasteiger partial charge is 0.463 e. The second kappa shape index (κ2) is 3.77. The number of nitrogens with zero attached hydrogens (tertiary/aromatic N) is 1. The maximum Gasteiger partial charge on any atom is 0.353 e. The third-order valence-electron chi connectivity index (χ3n) is 2.14. The Morgan fingerprint density at radius 2 is 2.38 bits per heavy atom. The van der Waals surface area contributed by atoms with Crippen molar-refractivity contribution in [2.75, 3.05) is 6.61 Å². The van der Waals surface area contributed by atoms with E-state index in [1.165, 1.54) is 0 Å². The van der Waals surface area contributed by atoms with E-state index in [-0.39, 0.29) is 5.97 Å². The van der Waals surface area contributed by atoms with Gasteiger partial charge in [-0.3, -0.25) is 0 Å². The normalized spacial score (nSPS) is 26.5. The average Bonchev–Trinajstić information content (AvgIpc) is 2.49. The molecule has 1 aliphatic rings. The summed E-state index contributed by atoms with van der Waals surface area (Å²) in [6, 6.07) is 0. The molecule has 0 aromatic carbocycles. The highest BCUT2D eigenvalue weighted by Crippen LogP contribution is 2.28. The van der Waals surface area contributed by atoms with Crippen LogP contribution in [0.5, 0.6) is 0 Å². The van der Waals surface area contributed by atoms with Crippen molar-refractivity contribution in [3.8, 4) is 0 Å². The number of carbonyl (C=O) groups is 1. The molecule has 1 rings (SSSR count). The van der Waals surface area contributed by atoms with Crippen molar-refractivity contribution in [3.63, 3.8) is 0 Å². The van der Waals surface area contributed by atoms with E-state index >= 15 is 0 Å². The fourth-order valence-corrected chi connectivity index (χ4v) is 1.35. The third-order valence-corrected chi connectivity index (χ3v) is 2.14. The summed E-state index contributed by atoms with van der Waals surface area (Å²) in [5.74, 6) is -0.307. The lowest BCUT2D eigenvalue weighted by molar-refractivity contribution is -0.169. The molecule has 1 unspecified atom stereocenters. The van der Waals surface area contributed by atoms with Crippen molar-refractivity contribution in [1.82, 2.24) is 0 Å². The molecule has 74 valence electrons. The summed E-state index contributed by atoms with van der Waals surface area (Å²) in [6.45, 7) is 5.90. The highest BCUT2D eigenvalue weighted by Gasteiger charge is 2.45. The van der Waals surface area contributed by atoms with Crippen molar-refractivity contribution < 1.29 is 14.4 Å². The van der Waals surface area contributed by atoms with Crippen LogP contribution in [0.15, 0.2) is 5.16 Å². The molecule has 0 saturated carbocycles. The number of esters is 1. The molecule has 4 heteroatoms. The van der Waals surface area contributed by atoms with Gasteiger partial charge in [-0.2, -0.15) is 0 Å². The summed E-state index contributed by atoms with van der Waals surface area (Å²) in [4.78, 5) is 16.7. The van der Waals surface area contributed by atoms with E-state index in [9.17, 15) is 4.79 Å². The van der Waals surface area contributed by atoms with Crippen LogP contribution < -0.4 is 0 Å². The van der Waals surface area contributed by atoms with Crippen LogP contribution in [0.4, 0.5) is 0 Å². The first kappa shape index (κ1) is 10.0. The van der Waals surface area contributed by atoms with Crippen LogP contribution in [-0.2, 0) is 14.4 Å². The van der Waals surface area contributed by atoms with E-state index in [4.69, 9.17) is 9.57 Å². The molecule has 0 N–H and O–H groups in total. The van der Waals surface area contributed by atoms with E-state index in [1.807, 2.05) is 13.8 Å². The Balaban J connectivity index is 2.67. The Hall–Kier alpha value is -1.06. The first-order valence-corrected chi connectivity index (χ1v) is 4.53. The Labute approximate surface area is 77.9 Å². The summed E-state index contributed by atoms with van der Waals surface area (Å²) in [6.07, 6.45) is 1.13. The van der Waals surface area contributed by atoms with Crippen LogP contribution in [0.1, 0.15) is 33.6 Å². The third kappa shape index (κ3) is 1.82. The maximum atomic E-state index is 11.5. The lowest BCUT2D eigenvalue weighted by Gasteiger charge is -2.21. The van der Waals surface area contributed by atoms with Crippen LogP contribution >= 0.6 is 0 Å². The summed E-state index contributed by atoms with van der Waals surface area (Å²) in [5.41, 5.74) is -0.00463. The quantitative estimate of drug-likeness (QED) is 0.626. The molecule has 0 spiro atoms. The molecule has 0 aromatic rings. The molecule has 4 nitrogen and oxygen atoms in total. The molecule has 1 heterocycles. The van der Waals surface area contributed by atoms with Gasteiger partial charge in [0.15, 0.2) is 0 Å². The van der Waals surface area contributed by atoms with Crippen molar-refractivity contribution in [2.45, 2.75) is 39.2 Å². The van der Waals surface area contributed by atoms with Gasteiger partial charge in [-0.05, 0) is 20.3 Å². The van der Waals surface area contributed by atoms with Gasteiger partial charge >= 0.3 is 5.97 Å². The number of oxime groups is 1. The Morgan fingerprint density at radius 3 is 2.77 bits per heavy atom. The van der Waals surface area contributed by atoms with E-state index in [0.29, 0.717) is 19.4 Å². The van der Waals surface area contributed by atoms with Gasteiger partial charge in [0.25, 0.3) is 0 Å². The fraction of sp³-hybridized carbons (Fsp3) is 0.778. The fourth-order valence-electron chi connectivity index (χ4n) is 1.35. The van der Waals surface area contributed by atoms with Crippen LogP contribution in [0, 0.1) is 0 Å². The van der Waals surface area contributed by atoms with Gasteiger partial charge in [0.1, 0.15) is 0 Å². The number of hydrogen-bond acceptors (Lipinski definition) is 4. The molecule has 0 saturated heterocycles. The monoisotopic (exact) mass is 185 g/mol. The average molecular weight is 185 g/mol. The van der Waals surface area contributed by atoms with Crippen molar-refractivity contribution >= 4 is 11.7 Å². The van der Waals surface area contributed by atoms with Crippen molar-refractivity contribution in [2.24, 2.45) is 5.16 Å². The molecule has 0 aliphatic carbocycles. The topological polar surface area (TPSA) is 47.9 Å².